The topological polar surface area (TPSA) is 116 Å². The van der Waals surface area contributed by atoms with E-state index in [-0.39, 0.29) is 21.7 Å². The number of nitro benzene ring substituents is 1. The van der Waals surface area contributed by atoms with Crippen LogP contribution in [0.2, 0.25) is 5.02 Å². The SMILES string of the molecule is Cc1cc(C)c(NC(=O)C(C)OC(=O)c2ccccc2C(=O)c2ccc(Cl)c([N+](=O)[O-])c2)c(C)c1. The molecule has 9 heteroatoms. The number of hydrogen-bond donors (Lipinski definition) is 1. The van der Waals surface area contributed by atoms with Crippen molar-refractivity contribution in [1.82, 2.24) is 0 Å². The van der Waals surface area contributed by atoms with Gasteiger partial charge in [-0.1, -0.05) is 47.5 Å². The summed E-state index contributed by atoms with van der Waals surface area (Å²) in [6, 6.07) is 13.4. The third kappa shape index (κ3) is 5.73. The van der Waals surface area contributed by atoms with E-state index in [4.69, 9.17) is 16.3 Å². The lowest BCUT2D eigenvalue weighted by Crippen LogP contribution is -2.31. The zero-order valence-electron chi connectivity index (χ0n) is 19.5. The molecule has 0 fully saturated rings. The second-order valence-corrected chi connectivity index (χ2v) is 8.52. The van der Waals surface area contributed by atoms with Crippen LogP contribution in [0.5, 0.6) is 0 Å². The maximum Gasteiger partial charge on any atom is 0.339 e. The van der Waals surface area contributed by atoms with Crippen molar-refractivity contribution < 1.29 is 24.0 Å². The highest BCUT2D eigenvalue weighted by atomic mass is 35.5. The standard InChI is InChI=1S/C26H23ClN2O6/c1-14-11-15(2)23(16(3)12-14)28-25(31)17(4)35-26(32)20-8-6-5-7-19(20)24(30)18-9-10-21(27)22(13-18)29(33)34/h5-13,17H,1-4H3,(H,28,31). The van der Waals surface area contributed by atoms with Crippen LogP contribution in [-0.2, 0) is 9.53 Å². The van der Waals surface area contributed by atoms with Crippen LogP contribution in [-0.4, -0.2) is 28.7 Å². The van der Waals surface area contributed by atoms with Gasteiger partial charge in [0.1, 0.15) is 5.02 Å². The summed E-state index contributed by atoms with van der Waals surface area (Å²) >= 11 is 5.83. The summed E-state index contributed by atoms with van der Waals surface area (Å²) in [5.74, 6) is -2.02. The normalized spacial score (nSPS) is 11.5. The number of benzene rings is 3. The molecule has 0 saturated carbocycles. The van der Waals surface area contributed by atoms with Crippen LogP contribution in [0.1, 0.15) is 49.9 Å². The maximum absolute atomic E-state index is 13.1. The number of aryl methyl sites for hydroxylation is 3. The van der Waals surface area contributed by atoms with Gasteiger partial charge in [-0.15, -0.1) is 0 Å². The van der Waals surface area contributed by atoms with Crippen LogP contribution in [0.15, 0.2) is 54.6 Å². The van der Waals surface area contributed by atoms with Gasteiger partial charge in [-0.05, 0) is 57.0 Å². The Morgan fingerprint density at radius 3 is 2.17 bits per heavy atom. The molecule has 0 aromatic heterocycles. The summed E-state index contributed by atoms with van der Waals surface area (Å²) < 4.78 is 5.35. The Labute approximate surface area is 207 Å². The molecular weight excluding hydrogens is 472 g/mol. The average molecular weight is 495 g/mol. The van der Waals surface area contributed by atoms with E-state index in [9.17, 15) is 24.5 Å². The molecule has 1 atom stereocenters. The largest absolute Gasteiger partial charge is 0.449 e. The van der Waals surface area contributed by atoms with Crippen molar-refractivity contribution in [3.05, 3.63) is 103 Å². The van der Waals surface area contributed by atoms with Crippen molar-refractivity contribution in [2.45, 2.75) is 33.8 Å². The van der Waals surface area contributed by atoms with Gasteiger partial charge in [0.2, 0.25) is 0 Å². The number of amides is 1. The average Bonchev–Trinajstić information content (AvgIpc) is 2.80. The minimum atomic E-state index is -1.15. The summed E-state index contributed by atoms with van der Waals surface area (Å²) in [6.07, 6.45) is -1.15. The molecule has 3 aromatic carbocycles. The predicted octanol–water partition coefficient (Wildman–Crippen LogP) is 5.59. The van der Waals surface area contributed by atoms with E-state index in [1.807, 2.05) is 32.9 Å². The Balaban J connectivity index is 1.81. The third-order valence-corrected chi connectivity index (χ3v) is 5.69. The Morgan fingerprint density at radius 1 is 0.971 bits per heavy atom. The second-order valence-electron chi connectivity index (χ2n) is 8.11. The zero-order valence-corrected chi connectivity index (χ0v) is 20.3. The molecule has 8 nitrogen and oxygen atoms in total. The number of nitrogens with zero attached hydrogens (tertiary/aromatic N) is 1. The van der Waals surface area contributed by atoms with Gasteiger partial charge in [0.25, 0.3) is 11.6 Å². The molecule has 35 heavy (non-hydrogen) atoms. The lowest BCUT2D eigenvalue weighted by molar-refractivity contribution is -0.384. The smallest absolute Gasteiger partial charge is 0.339 e. The van der Waals surface area contributed by atoms with Crippen molar-refractivity contribution in [3.8, 4) is 0 Å². The summed E-state index contributed by atoms with van der Waals surface area (Å²) in [5, 5.41) is 13.9. The van der Waals surface area contributed by atoms with Gasteiger partial charge in [-0.3, -0.25) is 19.7 Å². The van der Waals surface area contributed by atoms with Crippen molar-refractivity contribution in [2.75, 3.05) is 5.32 Å². The van der Waals surface area contributed by atoms with E-state index >= 15 is 0 Å². The Hall–Kier alpha value is -4.04. The molecule has 0 spiro atoms. The van der Waals surface area contributed by atoms with Crippen LogP contribution in [0, 0.1) is 30.9 Å². The van der Waals surface area contributed by atoms with Gasteiger partial charge in [0.15, 0.2) is 11.9 Å². The van der Waals surface area contributed by atoms with Crippen molar-refractivity contribution >= 4 is 40.6 Å². The summed E-state index contributed by atoms with van der Waals surface area (Å²) in [4.78, 5) is 49.2. The highest BCUT2D eigenvalue weighted by molar-refractivity contribution is 6.33. The molecule has 3 aromatic rings. The fourth-order valence-corrected chi connectivity index (χ4v) is 3.87. The minimum absolute atomic E-state index is 0.0162. The van der Waals surface area contributed by atoms with Crippen molar-refractivity contribution in [2.24, 2.45) is 0 Å². The number of nitrogens with one attached hydrogen (secondary N) is 1. The fourth-order valence-electron chi connectivity index (χ4n) is 3.69. The number of nitro groups is 1. The molecule has 180 valence electrons. The third-order valence-electron chi connectivity index (χ3n) is 5.37. The van der Waals surface area contributed by atoms with E-state index in [0.29, 0.717) is 5.69 Å². The maximum atomic E-state index is 13.1. The highest BCUT2D eigenvalue weighted by Gasteiger charge is 2.25. The van der Waals surface area contributed by atoms with Gasteiger partial charge in [0.05, 0.1) is 10.5 Å². The van der Waals surface area contributed by atoms with Gasteiger partial charge in [-0.25, -0.2) is 4.79 Å². The number of esters is 1. The Bertz CT molecular complexity index is 1330. The quantitative estimate of drug-likeness (QED) is 0.198. The van der Waals surface area contributed by atoms with Crippen molar-refractivity contribution in [1.29, 1.82) is 0 Å². The molecule has 0 aliphatic carbocycles. The molecule has 0 saturated heterocycles. The molecule has 0 aliphatic rings. The number of anilines is 1. The van der Waals surface area contributed by atoms with E-state index < -0.39 is 34.4 Å². The molecule has 0 bridgehead atoms. The molecule has 1 unspecified atom stereocenters. The molecule has 0 radical (unpaired) electrons. The molecule has 3 rings (SSSR count). The highest BCUT2D eigenvalue weighted by Crippen LogP contribution is 2.27. The first-order valence-electron chi connectivity index (χ1n) is 10.7. The van der Waals surface area contributed by atoms with Gasteiger partial charge in [0, 0.05) is 22.9 Å². The predicted molar refractivity (Wildman–Crippen MR) is 132 cm³/mol. The first kappa shape index (κ1) is 25.6. The zero-order chi connectivity index (χ0) is 25.9. The van der Waals surface area contributed by atoms with Crippen LogP contribution in [0.4, 0.5) is 11.4 Å². The van der Waals surface area contributed by atoms with Crippen LogP contribution >= 0.6 is 11.6 Å². The lowest BCUT2D eigenvalue weighted by Gasteiger charge is -2.17. The van der Waals surface area contributed by atoms with E-state index in [0.717, 1.165) is 22.8 Å². The van der Waals surface area contributed by atoms with E-state index in [2.05, 4.69) is 5.32 Å². The number of hydrogen-bond acceptors (Lipinski definition) is 6. The molecule has 1 N–H and O–H groups in total. The number of rotatable bonds is 7. The Kier molecular flexibility index (Phi) is 7.66. The summed E-state index contributed by atoms with van der Waals surface area (Å²) in [7, 11) is 0. The van der Waals surface area contributed by atoms with E-state index in [1.54, 1.807) is 12.1 Å². The van der Waals surface area contributed by atoms with Crippen LogP contribution < -0.4 is 5.32 Å². The number of ketones is 1. The lowest BCUT2D eigenvalue weighted by atomic mass is 9.98. The molecule has 0 heterocycles. The van der Waals surface area contributed by atoms with Gasteiger partial charge >= 0.3 is 5.97 Å². The second kappa shape index (κ2) is 10.5. The summed E-state index contributed by atoms with van der Waals surface area (Å²) in [6.45, 7) is 7.13. The Morgan fingerprint density at radius 2 is 1.57 bits per heavy atom. The number of ether oxygens (including phenoxy) is 1. The molecule has 0 aliphatic heterocycles. The van der Waals surface area contributed by atoms with Gasteiger partial charge < -0.3 is 10.1 Å². The number of halogens is 1. The molecular formula is C26H23ClN2O6. The molecule has 1 amide bonds. The van der Waals surface area contributed by atoms with Crippen molar-refractivity contribution in [3.63, 3.8) is 0 Å². The van der Waals surface area contributed by atoms with E-state index in [1.165, 1.54) is 31.2 Å². The number of carbonyl (C=O) groups excluding carboxylic acids is 3. The summed E-state index contributed by atoms with van der Waals surface area (Å²) in [5.41, 5.74) is 2.92. The fraction of sp³-hybridized carbons (Fsp3) is 0.192. The van der Waals surface area contributed by atoms with Gasteiger partial charge in [-0.2, -0.15) is 0 Å². The van der Waals surface area contributed by atoms with Crippen LogP contribution in [0.3, 0.4) is 0 Å². The first-order chi connectivity index (χ1) is 16.5. The first-order valence-corrected chi connectivity index (χ1v) is 11.0. The van der Waals surface area contributed by atoms with Crippen LogP contribution in [0.25, 0.3) is 0 Å². The minimum Gasteiger partial charge on any atom is -0.449 e. The monoisotopic (exact) mass is 494 g/mol. The number of carbonyl (C=O) groups is 3.